The number of hydrogen-bond acceptors (Lipinski definition) is 1. The van der Waals surface area contributed by atoms with E-state index in [2.05, 4.69) is 13.6 Å². The first-order chi connectivity index (χ1) is 10.3. The fourth-order valence-corrected chi connectivity index (χ4v) is 3.82. The van der Waals surface area contributed by atoms with Crippen molar-refractivity contribution < 1.29 is 0 Å². The minimum absolute atomic E-state index is 0.130. The van der Waals surface area contributed by atoms with Crippen molar-refractivity contribution in [3.05, 3.63) is 0 Å². The molecule has 3 heteroatoms. The topological polar surface area (TPSA) is 12.4 Å². The Morgan fingerprint density at radius 2 is 1.24 bits per heavy atom. The van der Waals surface area contributed by atoms with E-state index in [4.69, 9.17) is 12.7 Å². The summed E-state index contributed by atoms with van der Waals surface area (Å²) in [5.74, 6) is 0.691. The molecule has 0 unspecified atom stereocenters. The summed E-state index contributed by atoms with van der Waals surface area (Å²) in [5.41, 5.74) is 0. The molecule has 21 heavy (non-hydrogen) atoms. The smallest absolute Gasteiger partial charge is 0.277 e. The molecule has 2 aliphatic carbocycles. The van der Waals surface area contributed by atoms with Gasteiger partial charge in [-0.2, -0.15) is 0 Å². The van der Waals surface area contributed by atoms with E-state index in [-0.39, 0.29) is 5.31 Å². The molecule has 0 amide bonds. The van der Waals surface area contributed by atoms with Gasteiger partial charge in [0, 0.05) is 0 Å². The Balaban J connectivity index is 1.78. The fraction of sp³-hybridized carbons (Fsp3) is 0.944. The lowest BCUT2D eigenvalue weighted by atomic mass is 9.62. The van der Waals surface area contributed by atoms with Gasteiger partial charge in [0.25, 0.3) is 7.41 Å². The van der Waals surface area contributed by atoms with Gasteiger partial charge in [0.2, 0.25) is 0 Å². The van der Waals surface area contributed by atoms with E-state index in [1.165, 1.54) is 83.5 Å². The molecule has 0 bridgehead atoms. The van der Waals surface area contributed by atoms with Crippen molar-refractivity contribution in [2.75, 3.05) is 0 Å². The van der Waals surface area contributed by atoms with Crippen LogP contribution in [0.2, 0.25) is 11.1 Å². The largest absolute Gasteiger partial charge is 0.360 e. The predicted molar refractivity (Wildman–Crippen MR) is 95.7 cm³/mol. The Hall–Kier alpha value is -0.200. The van der Waals surface area contributed by atoms with Crippen LogP contribution in [-0.4, -0.2) is 21.5 Å². The summed E-state index contributed by atoms with van der Waals surface area (Å²) < 4.78 is 0. The second kappa shape index (κ2) is 9.74. The lowest BCUT2D eigenvalue weighted by Gasteiger charge is -2.28. The molecule has 2 fully saturated rings. The predicted octanol–water partition coefficient (Wildman–Crippen LogP) is 5.67. The maximum atomic E-state index is 6.56. The van der Waals surface area contributed by atoms with Gasteiger partial charge < -0.3 is 4.90 Å². The van der Waals surface area contributed by atoms with E-state index < -0.39 is 0 Å². The molecule has 0 saturated heterocycles. The molecule has 2 rings (SSSR count). The van der Waals surface area contributed by atoms with Crippen LogP contribution in [0.25, 0.3) is 0 Å². The van der Waals surface area contributed by atoms with Crippen molar-refractivity contribution in [3.8, 4) is 0 Å². The third-order valence-electron chi connectivity index (χ3n) is 5.31. The lowest BCUT2D eigenvalue weighted by molar-refractivity contribution is 0.470. The second-order valence-electron chi connectivity index (χ2n) is 7.39. The molecular weight excluding hydrogens is 252 g/mol. The van der Waals surface area contributed by atoms with Gasteiger partial charge in [-0.25, -0.2) is 0 Å². The molecule has 2 saturated carbocycles. The molecule has 0 spiro atoms. The van der Waals surface area contributed by atoms with E-state index >= 15 is 0 Å². The molecule has 0 aromatic carbocycles. The molecule has 0 aliphatic heterocycles. The zero-order valence-corrected chi connectivity index (χ0v) is 13.9. The number of hydrogen-bond donors (Lipinski definition) is 0. The van der Waals surface area contributed by atoms with Crippen LogP contribution in [0.3, 0.4) is 0 Å². The maximum absolute atomic E-state index is 6.56. The van der Waals surface area contributed by atoms with Crippen molar-refractivity contribution in [2.45, 2.75) is 107 Å². The highest BCUT2D eigenvalue weighted by Crippen LogP contribution is 2.36. The standard InChI is InChI=1S/C18H32B2N/c19-18(14-10-6-3-7-11-15-18)16-21-20-17-12-8-4-1-2-5-9-13-17/h16-17H,1-15H2. The Morgan fingerprint density at radius 1 is 0.762 bits per heavy atom. The van der Waals surface area contributed by atoms with Crippen molar-refractivity contribution in [2.24, 2.45) is 4.90 Å². The van der Waals surface area contributed by atoms with Crippen LogP contribution in [0, 0.1) is 0 Å². The average Bonchev–Trinajstić information content (AvgIpc) is 2.58. The molecule has 2 aliphatic rings. The normalized spacial score (nSPS) is 26.3. The molecule has 0 aromatic rings. The Labute approximate surface area is 134 Å². The first-order valence-corrected chi connectivity index (χ1v) is 9.45. The SMILES string of the molecule is [B]C1(C=N[B]C2CCCCCCCC2)CCCCCCC1. The van der Waals surface area contributed by atoms with Gasteiger partial charge in [-0.1, -0.05) is 96.3 Å². The molecule has 1 nitrogen and oxygen atoms in total. The molecule has 115 valence electrons. The Bertz CT molecular complexity index is 286. The third-order valence-corrected chi connectivity index (χ3v) is 5.31. The van der Waals surface area contributed by atoms with Crippen LogP contribution < -0.4 is 0 Å². The van der Waals surface area contributed by atoms with Crippen molar-refractivity contribution >= 4 is 21.5 Å². The van der Waals surface area contributed by atoms with Gasteiger partial charge in [0.1, 0.15) is 0 Å². The summed E-state index contributed by atoms with van der Waals surface area (Å²) in [6.07, 6.45) is 22.1. The Kier molecular flexibility index (Phi) is 7.96. The van der Waals surface area contributed by atoms with Gasteiger partial charge in [-0.15, -0.1) is 0 Å². The quantitative estimate of drug-likeness (QED) is 0.467. The van der Waals surface area contributed by atoms with Crippen LogP contribution in [0.4, 0.5) is 0 Å². The zero-order valence-electron chi connectivity index (χ0n) is 13.9. The third kappa shape index (κ3) is 7.06. The molecule has 0 atom stereocenters. The summed E-state index contributed by atoms with van der Waals surface area (Å²) >= 11 is 0. The first-order valence-electron chi connectivity index (χ1n) is 9.45. The minimum atomic E-state index is -0.130. The van der Waals surface area contributed by atoms with Gasteiger partial charge in [0.05, 0.1) is 7.85 Å². The lowest BCUT2D eigenvalue weighted by Crippen LogP contribution is -2.17. The number of rotatable bonds is 3. The van der Waals surface area contributed by atoms with Crippen molar-refractivity contribution in [1.82, 2.24) is 0 Å². The highest BCUT2D eigenvalue weighted by Gasteiger charge is 2.22. The number of nitrogens with zero attached hydrogens (tertiary/aromatic N) is 1. The highest BCUT2D eigenvalue weighted by molar-refractivity contribution is 6.38. The van der Waals surface area contributed by atoms with E-state index in [0.29, 0.717) is 5.82 Å². The van der Waals surface area contributed by atoms with Crippen LogP contribution in [-0.2, 0) is 0 Å². The molecule has 0 N–H and O–H groups in total. The zero-order chi connectivity index (χ0) is 14.8. The summed E-state index contributed by atoms with van der Waals surface area (Å²) in [6.45, 7) is 0. The summed E-state index contributed by atoms with van der Waals surface area (Å²) in [6, 6.07) is 0. The molecular formula is C18H32B2N. The molecule has 0 aromatic heterocycles. The van der Waals surface area contributed by atoms with Gasteiger partial charge in [-0.3, -0.25) is 0 Å². The van der Waals surface area contributed by atoms with E-state index in [1.54, 1.807) is 0 Å². The molecule has 3 radical (unpaired) electrons. The highest BCUT2D eigenvalue weighted by atomic mass is 14.6. The summed E-state index contributed by atoms with van der Waals surface area (Å²) in [7, 11) is 8.78. The monoisotopic (exact) mass is 284 g/mol. The van der Waals surface area contributed by atoms with Crippen LogP contribution in [0.1, 0.15) is 96.3 Å². The van der Waals surface area contributed by atoms with Crippen molar-refractivity contribution in [1.29, 1.82) is 0 Å². The summed E-state index contributed by atoms with van der Waals surface area (Å²) in [4.78, 5) is 4.69. The average molecular weight is 284 g/mol. The van der Waals surface area contributed by atoms with Crippen LogP contribution >= 0.6 is 0 Å². The fourth-order valence-electron chi connectivity index (χ4n) is 3.82. The van der Waals surface area contributed by atoms with E-state index in [9.17, 15) is 0 Å². The van der Waals surface area contributed by atoms with E-state index in [1.807, 2.05) is 0 Å². The Morgan fingerprint density at radius 3 is 1.81 bits per heavy atom. The maximum Gasteiger partial charge on any atom is 0.277 e. The molecule has 0 heterocycles. The van der Waals surface area contributed by atoms with Gasteiger partial charge >= 0.3 is 0 Å². The summed E-state index contributed by atoms with van der Waals surface area (Å²) in [5, 5.41) is -0.130. The van der Waals surface area contributed by atoms with Crippen LogP contribution in [0.15, 0.2) is 4.90 Å². The van der Waals surface area contributed by atoms with Gasteiger partial charge in [-0.05, 0) is 17.3 Å². The van der Waals surface area contributed by atoms with Crippen LogP contribution in [0.5, 0.6) is 0 Å². The second-order valence-corrected chi connectivity index (χ2v) is 7.39. The van der Waals surface area contributed by atoms with E-state index in [0.717, 1.165) is 12.8 Å². The minimum Gasteiger partial charge on any atom is -0.360 e. The first kappa shape index (κ1) is 17.2. The van der Waals surface area contributed by atoms with Gasteiger partial charge in [0.15, 0.2) is 0 Å². The van der Waals surface area contributed by atoms with Crippen molar-refractivity contribution in [3.63, 3.8) is 0 Å².